The van der Waals surface area contributed by atoms with Crippen LogP contribution in [0.25, 0.3) is 0 Å². The van der Waals surface area contributed by atoms with Gasteiger partial charge in [-0.15, -0.1) is 0 Å². The summed E-state index contributed by atoms with van der Waals surface area (Å²) in [7, 11) is 0. The third-order valence-electron chi connectivity index (χ3n) is 2.48. The van der Waals surface area contributed by atoms with E-state index in [0.717, 1.165) is 26.1 Å². The molecule has 0 spiro atoms. The molecule has 0 aromatic carbocycles. The third kappa shape index (κ3) is 2.54. The van der Waals surface area contributed by atoms with Gasteiger partial charge in [0.1, 0.15) is 0 Å². The van der Waals surface area contributed by atoms with Gasteiger partial charge in [-0.05, 0) is 12.0 Å². The van der Waals surface area contributed by atoms with E-state index in [0.29, 0.717) is 0 Å². The minimum absolute atomic E-state index is 1.11. The van der Waals surface area contributed by atoms with Crippen molar-refractivity contribution in [1.29, 1.82) is 0 Å². The van der Waals surface area contributed by atoms with Crippen LogP contribution in [-0.4, -0.2) is 47.8 Å². The predicted octanol–water partition coefficient (Wildman–Crippen LogP) is -0.143. The van der Waals surface area contributed by atoms with E-state index in [2.05, 4.69) is 20.4 Å². The lowest BCUT2D eigenvalue weighted by Gasteiger charge is -2.26. The maximum Gasteiger partial charge on any atom is 0.0519 e. The lowest BCUT2D eigenvalue weighted by Crippen LogP contribution is -2.44. The molecule has 13 heavy (non-hydrogen) atoms. The molecule has 2 N–H and O–H groups in total. The van der Waals surface area contributed by atoms with Crippen molar-refractivity contribution < 1.29 is 0 Å². The van der Waals surface area contributed by atoms with Gasteiger partial charge in [0.05, 0.1) is 6.20 Å². The van der Waals surface area contributed by atoms with Crippen LogP contribution < -0.4 is 5.32 Å². The van der Waals surface area contributed by atoms with Crippen molar-refractivity contribution in [3.8, 4) is 0 Å². The zero-order chi connectivity index (χ0) is 8.93. The number of piperazine rings is 1. The summed E-state index contributed by atoms with van der Waals surface area (Å²) in [6.45, 7) is 5.77. The molecule has 72 valence electrons. The van der Waals surface area contributed by atoms with E-state index < -0.39 is 0 Å². The van der Waals surface area contributed by atoms with E-state index in [1.54, 1.807) is 0 Å². The van der Waals surface area contributed by atoms with Crippen molar-refractivity contribution in [2.24, 2.45) is 0 Å². The van der Waals surface area contributed by atoms with E-state index in [1.165, 1.54) is 18.7 Å². The van der Waals surface area contributed by atoms with Crippen LogP contribution in [0.15, 0.2) is 12.4 Å². The Kier molecular flexibility index (Phi) is 2.94. The molecule has 0 aliphatic carbocycles. The minimum Gasteiger partial charge on any atom is -0.314 e. The maximum absolute atomic E-state index is 3.93. The second-order valence-corrected chi connectivity index (χ2v) is 3.45. The van der Waals surface area contributed by atoms with E-state index in [1.807, 2.05) is 12.4 Å². The zero-order valence-electron chi connectivity index (χ0n) is 7.79. The molecule has 4 heteroatoms. The first-order valence-electron chi connectivity index (χ1n) is 4.86. The Morgan fingerprint density at radius 1 is 1.38 bits per heavy atom. The topological polar surface area (TPSA) is 44.0 Å². The number of nitrogens with zero attached hydrogens (tertiary/aromatic N) is 2. The molecule has 2 heterocycles. The van der Waals surface area contributed by atoms with Crippen LogP contribution in [0.4, 0.5) is 0 Å². The average Bonchev–Trinajstić information content (AvgIpc) is 2.69. The van der Waals surface area contributed by atoms with Gasteiger partial charge in [-0.3, -0.25) is 5.10 Å². The molecular weight excluding hydrogens is 164 g/mol. The third-order valence-corrected chi connectivity index (χ3v) is 2.48. The SMILES string of the molecule is c1n[nH]cc1CCN1CCNCC1. The van der Waals surface area contributed by atoms with Gasteiger partial charge in [0.25, 0.3) is 0 Å². The van der Waals surface area contributed by atoms with Gasteiger partial charge in [0.15, 0.2) is 0 Å². The molecule has 0 amide bonds. The molecular formula is C9H16N4. The minimum atomic E-state index is 1.11. The van der Waals surface area contributed by atoms with Crippen molar-refractivity contribution in [3.63, 3.8) is 0 Å². The summed E-state index contributed by atoms with van der Waals surface area (Å²) >= 11 is 0. The fourth-order valence-electron chi connectivity index (χ4n) is 1.64. The predicted molar refractivity (Wildman–Crippen MR) is 51.6 cm³/mol. The second kappa shape index (κ2) is 4.39. The molecule has 0 unspecified atom stereocenters. The molecule has 1 aliphatic rings. The molecule has 1 saturated heterocycles. The van der Waals surface area contributed by atoms with Crippen LogP contribution in [0, 0.1) is 0 Å². The Labute approximate surface area is 78.3 Å². The van der Waals surface area contributed by atoms with Gasteiger partial charge < -0.3 is 10.2 Å². The Morgan fingerprint density at radius 3 is 2.92 bits per heavy atom. The van der Waals surface area contributed by atoms with E-state index in [-0.39, 0.29) is 0 Å². The normalized spacial score (nSPS) is 19.1. The van der Waals surface area contributed by atoms with Crippen molar-refractivity contribution in [1.82, 2.24) is 20.4 Å². The van der Waals surface area contributed by atoms with Gasteiger partial charge >= 0.3 is 0 Å². The lowest BCUT2D eigenvalue weighted by molar-refractivity contribution is 0.244. The average molecular weight is 180 g/mol. The van der Waals surface area contributed by atoms with Gasteiger partial charge in [0, 0.05) is 38.9 Å². The lowest BCUT2D eigenvalue weighted by atomic mass is 10.2. The van der Waals surface area contributed by atoms with Crippen molar-refractivity contribution >= 4 is 0 Å². The molecule has 1 aromatic rings. The van der Waals surface area contributed by atoms with Crippen LogP contribution in [0.5, 0.6) is 0 Å². The number of H-pyrrole nitrogens is 1. The highest BCUT2D eigenvalue weighted by Gasteiger charge is 2.08. The van der Waals surface area contributed by atoms with Gasteiger partial charge in [-0.1, -0.05) is 0 Å². The quantitative estimate of drug-likeness (QED) is 0.680. The summed E-state index contributed by atoms with van der Waals surface area (Å²) in [6, 6.07) is 0. The largest absolute Gasteiger partial charge is 0.314 e. The van der Waals surface area contributed by atoms with Crippen molar-refractivity contribution in [3.05, 3.63) is 18.0 Å². The monoisotopic (exact) mass is 180 g/mol. The number of nitrogens with one attached hydrogen (secondary N) is 2. The molecule has 4 nitrogen and oxygen atoms in total. The van der Waals surface area contributed by atoms with Crippen LogP contribution in [-0.2, 0) is 6.42 Å². The first-order chi connectivity index (χ1) is 6.45. The van der Waals surface area contributed by atoms with E-state index in [9.17, 15) is 0 Å². The summed E-state index contributed by atoms with van der Waals surface area (Å²) in [5, 5.41) is 10.1. The van der Waals surface area contributed by atoms with Gasteiger partial charge in [0.2, 0.25) is 0 Å². The number of hydrogen-bond acceptors (Lipinski definition) is 3. The summed E-state index contributed by atoms with van der Waals surface area (Å²) in [5.41, 5.74) is 1.30. The molecule has 0 atom stereocenters. The van der Waals surface area contributed by atoms with Crippen LogP contribution >= 0.6 is 0 Å². The van der Waals surface area contributed by atoms with Crippen molar-refractivity contribution in [2.45, 2.75) is 6.42 Å². The Hall–Kier alpha value is -0.870. The number of rotatable bonds is 3. The van der Waals surface area contributed by atoms with Crippen molar-refractivity contribution in [2.75, 3.05) is 32.7 Å². The zero-order valence-corrected chi connectivity index (χ0v) is 7.79. The van der Waals surface area contributed by atoms with Crippen LogP contribution in [0.2, 0.25) is 0 Å². The molecule has 2 rings (SSSR count). The van der Waals surface area contributed by atoms with E-state index >= 15 is 0 Å². The first kappa shape index (κ1) is 8.72. The summed E-state index contributed by atoms with van der Waals surface area (Å²) in [5.74, 6) is 0. The molecule has 0 saturated carbocycles. The fraction of sp³-hybridized carbons (Fsp3) is 0.667. The molecule has 1 aliphatic heterocycles. The second-order valence-electron chi connectivity index (χ2n) is 3.45. The molecule has 0 bridgehead atoms. The smallest absolute Gasteiger partial charge is 0.0519 e. The van der Waals surface area contributed by atoms with Crippen LogP contribution in [0.1, 0.15) is 5.56 Å². The van der Waals surface area contributed by atoms with E-state index in [4.69, 9.17) is 0 Å². The Balaban J connectivity index is 1.72. The first-order valence-corrected chi connectivity index (χ1v) is 4.86. The fourth-order valence-corrected chi connectivity index (χ4v) is 1.64. The number of aromatic nitrogens is 2. The highest BCUT2D eigenvalue weighted by atomic mass is 15.2. The van der Waals surface area contributed by atoms with Crippen LogP contribution in [0.3, 0.4) is 0 Å². The Morgan fingerprint density at radius 2 is 2.23 bits per heavy atom. The maximum atomic E-state index is 3.93. The summed E-state index contributed by atoms with van der Waals surface area (Å²) in [6.07, 6.45) is 4.99. The van der Waals surface area contributed by atoms with Gasteiger partial charge in [-0.2, -0.15) is 5.10 Å². The highest BCUT2D eigenvalue weighted by Crippen LogP contribution is 1.99. The van der Waals surface area contributed by atoms with Gasteiger partial charge in [-0.25, -0.2) is 0 Å². The number of aromatic amines is 1. The standard InChI is InChI=1S/C9H16N4/c1(9-7-11-12-8-9)4-13-5-2-10-3-6-13/h7-8,10H,1-6H2,(H,11,12). The summed E-state index contributed by atoms with van der Waals surface area (Å²) < 4.78 is 0. The molecule has 0 radical (unpaired) electrons. The highest BCUT2D eigenvalue weighted by molar-refractivity contribution is 5.02. The molecule has 1 aromatic heterocycles. The number of hydrogen-bond donors (Lipinski definition) is 2. The Bertz CT molecular complexity index is 226. The summed E-state index contributed by atoms with van der Waals surface area (Å²) in [4.78, 5) is 2.49. The molecule has 1 fully saturated rings.